The standard InChI is InChI=1S/C14H8F3N5/c1-18-10-2-3-11-12(4-10)22(7-14(15,16)17)13(21-11)9-5-19-8-20-6-9/h2-6,8H,7H2. The molecule has 0 fully saturated rings. The topological polar surface area (TPSA) is 48.0 Å². The maximum absolute atomic E-state index is 12.9. The molecule has 0 unspecified atom stereocenters. The van der Waals surface area contributed by atoms with Gasteiger partial charge in [-0.15, -0.1) is 0 Å². The van der Waals surface area contributed by atoms with E-state index in [1.54, 1.807) is 0 Å². The zero-order valence-electron chi connectivity index (χ0n) is 11.0. The smallest absolute Gasteiger partial charge is 0.316 e. The van der Waals surface area contributed by atoms with E-state index in [0.717, 1.165) is 4.57 Å². The zero-order chi connectivity index (χ0) is 15.7. The third kappa shape index (κ3) is 2.61. The number of halogens is 3. The van der Waals surface area contributed by atoms with Crippen LogP contribution < -0.4 is 0 Å². The Hall–Kier alpha value is -2.95. The molecule has 22 heavy (non-hydrogen) atoms. The van der Waals surface area contributed by atoms with Crippen LogP contribution in [0.2, 0.25) is 0 Å². The van der Waals surface area contributed by atoms with E-state index >= 15 is 0 Å². The van der Waals surface area contributed by atoms with Crippen molar-refractivity contribution in [3.63, 3.8) is 0 Å². The minimum Gasteiger partial charge on any atom is -0.316 e. The summed E-state index contributed by atoms with van der Waals surface area (Å²) in [5, 5.41) is 0. The van der Waals surface area contributed by atoms with Gasteiger partial charge in [0.25, 0.3) is 0 Å². The molecule has 5 nitrogen and oxygen atoms in total. The van der Waals surface area contributed by atoms with Crippen molar-refractivity contribution in [3.05, 3.63) is 48.3 Å². The van der Waals surface area contributed by atoms with Crippen LogP contribution in [0.4, 0.5) is 18.9 Å². The summed E-state index contributed by atoms with van der Waals surface area (Å²) >= 11 is 0. The Morgan fingerprint density at radius 2 is 1.91 bits per heavy atom. The van der Waals surface area contributed by atoms with Crippen LogP contribution in [0.5, 0.6) is 0 Å². The Bertz CT molecular complexity index is 862. The summed E-state index contributed by atoms with van der Waals surface area (Å²) in [6.07, 6.45) is -0.322. The van der Waals surface area contributed by atoms with E-state index in [1.165, 1.54) is 36.9 Å². The highest BCUT2D eigenvalue weighted by Gasteiger charge is 2.30. The number of alkyl halides is 3. The highest BCUT2D eigenvalue weighted by molar-refractivity contribution is 5.83. The monoisotopic (exact) mass is 303 g/mol. The summed E-state index contributed by atoms with van der Waals surface area (Å²) in [4.78, 5) is 15.1. The van der Waals surface area contributed by atoms with Crippen molar-refractivity contribution in [2.75, 3.05) is 0 Å². The second kappa shape index (κ2) is 5.11. The molecule has 3 aromatic rings. The van der Waals surface area contributed by atoms with E-state index in [0.29, 0.717) is 11.1 Å². The largest absolute Gasteiger partial charge is 0.406 e. The number of hydrogen-bond acceptors (Lipinski definition) is 3. The molecule has 0 aliphatic rings. The molecule has 0 bridgehead atoms. The molecule has 3 rings (SSSR count). The Morgan fingerprint density at radius 1 is 1.18 bits per heavy atom. The first-order chi connectivity index (χ1) is 10.5. The summed E-state index contributed by atoms with van der Waals surface area (Å²) < 4.78 is 39.7. The minimum atomic E-state index is -4.41. The first-order valence-corrected chi connectivity index (χ1v) is 6.18. The molecule has 0 N–H and O–H groups in total. The molecule has 8 heteroatoms. The van der Waals surface area contributed by atoms with Crippen molar-refractivity contribution in [1.29, 1.82) is 0 Å². The van der Waals surface area contributed by atoms with Gasteiger partial charge in [0, 0.05) is 12.4 Å². The van der Waals surface area contributed by atoms with Gasteiger partial charge in [0.05, 0.1) is 23.2 Å². The molecule has 0 amide bonds. The van der Waals surface area contributed by atoms with Crippen LogP contribution in [-0.4, -0.2) is 25.7 Å². The number of fused-ring (bicyclic) bond motifs is 1. The fraction of sp³-hybridized carbons (Fsp3) is 0.143. The van der Waals surface area contributed by atoms with Crippen molar-refractivity contribution < 1.29 is 13.2 Å². The zero-order valence-corrected chi connectivity index (χ0v) is 11.0. The molecule has 0 saturated carbocycles. The lowest BCUT2D eigenvalue weighted by molar-refractivity contribution is -0.139. The van der Waals surface area contributed by atoms with Crippen LogP contribution in [0.15, 0.2) is 36.9 Å². The summed E-state index contributed by atoms with van der Waals surface area (Å²) in [7, 11) is 0. The van der Waals surface area contributed by atoms with Gasteiger partial charge in [0.15, 0.2) is 5.69 Å². The average molecular weight is 303 g/mol. The van der Waals surface area contributed by atoms with Crippen molar-refractivity contribution in [2.45, 2.75) is 12.7 Å². The molecule has 1 aromatic carbocycles. The van der Waals surface area contributed by atoms with Gasteiger partial charge in [-0.05, 0) is 12.1 Å². The predicted molar refractivity (Wildman–Crippen MR) is 73.1 cm³/mol. The molecule has 110 valence electrons. The molecule has 2 aromatic heterocycles. The summed E-state index contributed by atoms with van der Waals surface area (Å²) in [6, 6.07) is 4.45. The van der Waals surface area contributed by atoms with Gasteiger partial charge in [0.1, 0.15) is 18.7 Å². The van der Waals surface area contributed by atoms with Crippen LogP contribution in [0.3, 0.4) is 0 Å². The van der Waals surface area contributed by atoms with E-state index in [2.05, 4.69) is 19.8 Å². The van der Waals surface area contributed by atoms with E-state index in [1.807, 2.05) is 0 Å². The molecule has 0 radical (unpaired) electrons. The van der Waals surface area contributed by atoms with Gasteiger partial charge in [-0.3, -0.25) is 0 Å². The first kappa shape index (κ1) is 14.0. The summed E-state index contributed by atoms with van der Waals surface area (Å²) in [5.41, 5.74) is 1.28. The fourth-order valence-corrected chi connectivity index (χ4v) is 2.15. The lowest BCUT2D eigenvalue weighted by Gasteiger charge is -2.11. The molecule has 0 spiro atoms. The van der Waals surface area contributed by atoms with Crippen molar-refractivity contribution >= 4 is 16.7 Å². The Labute approximate surface area is 122 Å². The average Bonchev–Trinajstić information content (AvgIpc) is 2.84. The molecule has 0 aliphatic carbocycles. The van der Waals surface area contributed by atoms with E-state index in [-0.39, 0.29) is 17.0 Å². The van der Waals surface area contributed by atoms with Gasteiger partial charge in [-0.1, -0.05) is 6.07 Å². The normalized spacial score (nSPS) is 11.5. The maximum atomic E-state index is 12.9. The second-order valence-electron chi connectivity index (χ2n) is 4.55. The number of imidazole rings is 1. The quantitative estimate of drug-likeness (QED) is 0.680. The highest BCUT2D eigenvalue weighted by Crippen LogP contribution is 2.30. The molecular weight excluding hydrogens is 295 g/mol. The van der Waals surface area contributed by atoms with Crippen molar-refractivity contribution in [2.24, 2.45) is 0 Å². The second-order valence-corrected chi connectivity index (χ2v) is 4.55. The lowest BCUT2D eigenvalue weighted by Crippen LogP contribution is -2.18. The van der Waals surface area contributed by atoms with Crippen LogP contribution in [-0.2, 0) is 6.54 Å². The molecular formula is C14H8F3N5. The third-order valence-corrected chi connectivity index (χ3v) is 3.02. The van der Waals surface area contributed by atoms with Crippen molar-refractivity contribution in [3.8, 4) is 11.4 Å². The number of aromatic nitrogens is 4. The first-order valence-electron chi connectivity index (χ1n) is 6.18. The number of benzene rings is 1. The van der Waals surface area contributed by atoms with E-state index < -0.39 is 12.7 Å². The number of hydrogen-bond donors (Lipinski definition) is 0. The minimum absolute atomic E-state index is 0.120. The number of rotatable bonds is 2. The van der Waals surface area contributed by atoms with Crippen molar-refractivity contribution in [1.82, 2.24) is 19.5 Å². The third-order valence-electron chi connectivity index (χ3n) is 3.02. The SMILES string of the molecule is [C-]#[N+]c1ccc2nc(-c3cncnc3)n(CC(F)(F)F)c2c1. The van der Waals surface area contributed by atoms with Gasteiger partial charge in [-0.2, -0.15) is 13.2 Å². The van der Waals surface area contributed by atoms with Gasteiger partial charge >= 0.3 is 6.18 Å². The maximum Gasteiger partial charge on any atom is 0.406 e. The van der Waals surface area contributed by atoms with Crippen LogP contribution in [0.25, 0.3) is 27.3 Å². The van der Waals surface area contributed by atoms with E-state index in [9.17, 15) is 13.2 Å². The Kier molecular flexibility index (Phi) is 3.25. The lowest BCUT2D eigenvalue weighted by atomic mass is 10.3. The Balaban J connectivity index is 2.27. The summed E-state index contributed by atoms with van der Waals surface area (Å²) in [6.45, 7) is 5.79. The van der Waals surface area contributed by atoms with Crippen LogP contribution >= 0.6 is 0 Å². The van der Waals surface area contributed by atoms with Crippen LogP contribution in [0.1, 0.15) is 0 Å². The predicted octanol–water partition coefficient (Wildman–Crippen LogP) is 3.61. The van der Waals surface area contributed by atoms with Crippen LogP contribution in [0, 0.1) is 6.57 Å². The highest BCUT2D eigenvalue weighted by atomic mass is 19.4. The van der Waals surface area contributed by atoms with Gasteiger partial charge in [-0.25, -0.2) is 19.8 Å². The molecule has 0 aliphatic heterocycles. The Morgan fingerprint density at radius 3 is 2.55 bits per heavy atom. The van der Waals surface area contributed by atoms with E-state index in [4.69, 9.17) is 6.57 Å². The fourth-order valence-electron chi connectivity index (χ4n) is 2.15. The summed E-state index contributed by atoms with van der Waals surface area (Å²) in [5.74, 6) is 0.120. The number of nitrogens with zero attached hydrogens (tertiary/aromatic N) is 5. The van der Waals surface area contributed by atoms with Gasteiger partial charge < -0.3 is 4.57 Å². The molecule has 0 atom stereocenters. The molecule has 0 saturated heterocycles. The van der Waals surface area contributed by atoms with Gasteiger partial charge in [0.2, 0.25) is 0 Å². The molecule has 2 heterocycles.